The summed E-state index contributed by atoms with van der Waals surface area (Å²) < 4.78 is 0. The van der Waals surface area contributed by atoms with E-state index in [1.807, 2.05) is 6.07 Å². The van der Waals surface area contributed by atoms with Crippen molar-refractivity contribution in [3.63, 3.8) is 0 Å². The van der Waals surface area contributed by atoms with E-state index in [2.05, 4.69) is 194 Å². The van der Waals surface area contributed by atoms with Crippen LogP contribution in [0.5, 0.6) is 0 Å². The number of nitrogens with zero attached hydrogens (tertiary/aromatic N) is 3. The molecule has 10 rings (SSSR count). The summed E-state index contributed by atoms with van der Waals surface area (Å²) in [5, 5.41) is 7.01. The molecular formula is C51H33N3. The molecule has 1 heterocycles. The zero-order chi connectivity index (χ0) is 35.8. The Kier molecular flexibility index (Phi) is 7.81. The molecule has 0 bridgehead atoms. The lowest BCUT2D eigenvalue weighted by Gasteiger charge is -2.13. The van der Waals surface area contributed by atoms with Crippen LogP contribution >= 0.6 is 0 Å². The average molecular weight is 688 g/mol. The maximum atomic E-state index is 5.20. The highest BCUT2D eigenvalue weighted by atomic mass is 15.0. The molecule has 9 aromatic carbocycles. The van der Waals surface area contributed by atoms with Gasteiger partial charge in [-0.1, -0.05) is 188 Å². The fourth-order valence-electron chi connectivity index (χ4n) is 7.60. The van der Waals surface area contributed by atoms with Gasteiger partial charge in [-0.25, -0.2) is 15.0 Å². The van der Waals surface area contributed by atoms with Gasteiger partial charge in [-0.3, -0.25) is 0 Å². The zero-order valence-electron chi connectivity index (χ0n) is 29.4. The van der Waals surface area contributed by atoms with E-state index in [0.29, 0.717) is 17.5 Å². The van der Waals surface area contributed by atoms with Gasteiger partial charge in [0.2, 0.25) is 0 Å². The van der Waals surface area contributed by atoms with Crippen LogP contribution in [-0.2, 0) is 0 Å². The third-order valence-electron chi connectivity index (χ3n) is 10.3. The minimum absolute atomic E-state index is 0.634. The molecule has 252 valence electrons. The van der Waals surface area contributed by atoms with Crippen molar-refractivity contribution in [2.24, 2.45) is 0 Å². The van der Waals surface area contributed by atoms with E-state index >= 15 is 0 Å². The maximum Gasteiger partial charge on any atom is 0.164 e. The molecule has 0 unspecified atom stereocenters. The second-order valence-corrected chi connectivity index (χ2v) is 13.6. The van der Waals surface area contributed by atoms with Gasteiger partial charge in [0.15, 0.2) is 17.5 Å². The molecular weight excluding hydrogens is 655 g/mol. The van der Waals surface area contributed by atoms with E-state index in [1.165, 1.54) is 44.0 Å². The summed E-state index contributed by atoms with van der Waals surface area (Å²) in [4.78, 5) is 15.5. The molecule has 1 aromatic heterocycles. The van der Waals surface area contributed by atoms with E-state index in [4.69, 9.17) is 15.0 Å². The van der Waals surface area contributed by atoms with E-state index < -0.39 is 0 Å². The monoisotopic (exact) mass is 687 g/mol. The summed E-state index contributed by atoms with van der Waals surface area (Å²) in [6, 6.07) is 70.6. The van der Waals surface area contributed by atoms with Crippen LogP contribution in [-0.4, -0.2) is 15.0 Å². The first kappa shape index (κ1) is 31.5. The molecule has 0 amide bonds. The minimum Gasteiger partial charge on any atom is -0.208 e. The number of fused-ring (bicyclic) bond motifs is 3. The second kappa shape index (κ2) is 13.4. The van der Waals surface area contributed by atoms with Crippen molar-refractivity contribution >= 4 is 32.3 Å². The Balaban J connectivity index is 1.12. The predicted octanol–water partition coefficient (Wildman–Crippen LogP) is 13.3. The van der Waals surface area contributed by atoms with Crippen LogP contribution in [0.25, 0.3) is 99.9 Å². The number of hydrogen-bond acceptors (Lipinski definition) is 3. The molecule has 0 aliphatic heterocycles. The lowest BCUT2D eigenvalue weighted by atomic mass is 9.95. The largest absolute Gasteiger partial charge is 0.208 e. The number of hydrogen-bond donors (Lipinski definition) is 0. The molecule has 0 spiro atoms. The molecule has 0 saturated carbocycles. The Labute approximate surface area is 313 Å². The smallest absolute Gasteiger partial charge is 0.164 e. The molecule has 0 fully saturated rings. The first-order valence-electron chi connectivity index (χ1n) is 18.3. The van der Waals surface area contributed by atoms with Crippen LogP contribution in [0.2, 0.25) is 0 Å². The molecule has 0 N–H and O–H groups in total. The summed E-state index contributed by atoms with van der Waals surface area (Å²) >= 11 is 0. The van der Waals surface area contributed by atoms with Gasteiger partial charge in [0, 0.05) is 16.7 Å². The summed E-state index contributed by atoms with van der Waals surface area (Å²) in [5.74, 6) is 1.91. The molecule has 3 nitrogen and oxygen atoms in total. The molecule has 54 heavy (non-hydrogen) atoms. The summed E-state index contributed by atoms with van der Waals surface area (Å²) in [7, 11) is 0. The van der Waals surface area contributed by atoms with Gasteiger partial charge >= 0.3 is 0 Å². The molecule has 0 aliphatic carbocycles. The molecule has 10 aromatic rings. The maximum absolute atomic E-state index is 5.20. The van der Waals surface area contributed by atoms with Crippen molar-refractivity contribution < 1.29 is 0 Å². The minimum atomic E-state index is 0.634. The van der Waals surface area contributed by atoms with Gasteiger partial charge in [0.1, 0.15) is 0 Å². The van der Waals surface area contributed by atoms with Crippen molar-refractivity contribution in [1.29, 1.82) is 0 Å². The zero-order valence-corrected chi connectivity index (χ0v) is 29.4. The lowest BCUT2D eigenvalue weighted by Crippen LogP contribution is -2.01. The summed E-state index contributed by atoms with van der Waals surface area (Å²) in [6.45, 7) is 0. The van der Waals surface area contributed by atoms with E-state index in [0.717, 1.165) is 38.4 Å². The van der Waals surface area contributed by atoms with E-state index in [9.17, 15) is 0 Å². The number of rotatable bonds is 6. The Morgan fingerprint density at radius 1 is 0.222 bits per heavy atom. The Bertz CT molecular complexity index is 2970. The fraction of sp³-hybridized carbons (Fsp3) is 0. The normalized spacial score (nSPS) is 11.3. The van der Waals surface area contributed by atoms with Crippen LogP contribution in [0.4, 0.5) is 0 Å². The number of benzene rings is 9. The first-order valence-corrected chi connectivity index (χ1v) is 18.3. The van der Waals surface area contributed by atoms with Crippen LogP contribution in [0.15, 0.2) is 200 Å². The SMILES string of the molecule is c1ccc(-c2ccc3cc(-c4nc(-c5ccc(-c6cccc7ccccc67)cc5)nc(-c5cccc6c(-c7ccccc7)cccc56)n4)ccc3c2)cc1. The molecule has 0 atom stereocenters. The summed E-state index contributed by atoms with van der Waals surface area (Å²) in [5.41, 5.74) is 9.94. The van der Waals surface area contributed by atoms with E-state index in [1.54, 1.807) is 0 Å². The highest BCUT2D eigenvalue weighted by molar-refractivity contribution is 6.04. The van der Waals surface area contributed by atoms with Crippen LogP contribution < -0.4 is 0 Å². The van der Waals surface area contributed by atoms with Gasteiger partial charge < -0.3 is 0 Å². The second-order valence-electron chi connectivity index (χ2n) is 13.6. The van der Waals surface area contributed by atoms with Crippen molar-refractivity contribution in [2.75, 3.05) is 0 Å². The van der Waals surface area contributed by atoms with Crippen LogP contribution in [0.3, 0.4) is 0 Å². The molecule has 0 radical (unpaired) electrons. The van der Waals surface area contributed by atoms with Crippen LogP contribution in [0, 0.1) is 0 Å². The van der Waals surface area contributed by atoms with Gasteiger partial charge in [-0.05, 0) is 77.8 Å². The van der Waals surface area contributed by atoms with Gasteiger partial charge in [0.05, 0.1) is 0 Å². The Hall–Kier alpha value is -7.23. The third-order valence-corrected chi connectivity index (χ3v) is 10.3. The fourth-order valence-corrected chi connectivity index (χ4v) is 7.60. The predicted molar refractivity (Wildman–Crippen MR) is 225 cm³/mol. The molecule has 0 aliphatic rings. The highest BCUT2D eigenvalue weighted by Crippen LogP contribution is 2.36. The average Bonchev–Trinajstić information content (AvgIpc) is 3.26. The van der Waals surface area contributed by atoms with Gasteiger partial charge in [-0.15, -0.1) is 0 Å². The summed E-state index contributed by atoms with van der Waals surface area (Å²) in [6.07, 6.45) is 0. The van der Waals surface area contributed by atoms with Crippen molar-refractivity contribution in [3.8, 4) is 67.5 Å². The number of aromatic nitrogens is 3. The topological polar surface area (TPSA) is 38.7 Å². The van der Waals surface area contributed by atoms with Gasteiger partial charge in [0.25, 0.3) is 0 Å². The van der Waals surface area contributed by atoms with Gasteiger partial charge in [-0.2, -0.15) is 0 Å². The van der Waals surface area contributed by atoms with Crippen molar-refractivity contribution in [3.05, 3.63) is 200 Å². The first-order chi connectivity index (χ1) is 26.7. The Morgan fingerprint density at radius 2 is 0.667 bits per heavy atom. The quantitative estimate of drug-likeness (QED) is 0.175. The van der Waals surface area contributed by atoms with Crippen molar-refractivity contribution in [1.82, 2.24) is 15.0 Å². The van der Waals surface area contributed by atoms with E-state index in [-0.39, 0.29) is 0 Å². The van der Waals surface area contributed by atoms with Crippen molar-refractivity contribution in [2.45, 2.75) is 0 Å². The lowest BCUT2D eigenvalue weighted by molar-refractivity contribution is 1.08. The third kappa shape index (κ3) is 5.78. The standard InChI is InChI=1S/C51H33N3/c1-3-12-34(13-4-1)39-28-29-41-33-42(31-30-40(41)32-39)50-52-49(38-26-24-37(25-27-38)44-19-9-17-36-16-7-8-18-43(36)44)53-51(54-50)48-23-11-21-46-45(20-10-22-47(46)48)35-14-5-2-6-15-35/h1-33H. The Morgan fingerprint density at radius 3 is 1.41 bits per heavy atom. The molecule has 0 saturated heterocycles. The van der Waals surface area contributed by atoms with Crippen LogP contribution in [0.1, 0.15) is 0 Å². The highest BCUT2D eigenvalue weighted by Gasteiger charge is 2.16. The molecule has 3 heteroatoms.